The first-order chi connectivity index (χ1) is 8.59. The molecule has 0 radical (unpaired) electrons. The van der Waals surface area contributed by atoms with Gasteiger partial charge in [-0.05, 0) is 12.8 Å². The van der Waals surface area contributed by atoms with Crippen molar-refractivity contribution in [3.8, 4) is 0 Å². The molecule has 0 unspecified atom stereocenters. The maximum absolute atomic E-state index is 11.5. The maximum atomic E-state index is 11.5. The van der Waals surface area contributed by atoms with Crippen molar-refractivity contribution >= 4 is 23.2 Å². The molecule has 1 aromatic rings. The van der Waals surface area contributed by atoms with Gasteiger partial charge in [0.2, 0.25) is 5.91 Å². The minimum absolute atomic E-state index is 0.102. The average Bonchev–Trinajstić information content (AvgIpc) is 3.18. The van der Waals surface area contributed by atoms with Gasteiger partial charge in [-0.15, -0.1) is 0 Å². The number of nitrogens with zero attached hydrogens (tertiary/aromatic N) is 2. The minimum Gasteiger partial charge on any atom is -0.381 e. The van der Waals surface area contributed by atoms with Gasteiger partial charge >= 0.3 is 0 Å². The highest BCUT2D eigenvalue weighted by molar-refractivity contribution is 6.32. The molecule has 18 heavy (non-hydrogen) atoms. The normalized spacial score (nSPS) is 14.3. The van der Waals surface area contributed by atoms with Crippen LogP contribution in [0.15, 0.2) is 11.0 Å². The van der Waals surface area contributed by atoms with Gasteiger partial charge in [0.05, 0.1) is 11.9 Å². The summed E-state index contributed by atoms with van der Waals surface area (Å²) in [4.78, 5) is 22.8. The summed E-state index contributed by atoms with van der Waals surface area (Å²) in [5.41, 5.74) is 0.143. The Hall–Kier alpha value is -1.56. The van der Waals surface area contributed by atoms with E-state index in [0.29, 0.717) is 18.8 Å². The molecule has 1 fully saturated rings. The summed E-state index contributed by atoms with van der Waals surface area (Å²) >= 11 is 5.88. The summed E-state index contributed by atoms with van der Waals surface area (Å²) in [5, 5.41) is 9.76. The molecular weight excluding hydrogens is 256 g/mol. The molecule has 0 bridgehead atoms. The quantitative estimate of drug-likeness (QED) is 0.758. The van der Waals surface area contributed by atoms with Crippen LogP contribution in [0.4, 0.5) is 5.69 Å². The molecule has 6 nitrogen and oxygen atoms in total. The highest BCUT2D eigenvalue weighted by Crippen LogP contribution is 2.28. The number of rotatable bonds is 5. The molecule has 1 saturated carbocycles. The Labute approximate surface area is 109 Å². The van der Waals surface area contributed by atoms with Crippen LogP contribution in [0.25, 0.3) is 0 Å². The maximum Gasteiger partial charge on any atom is 0.287 e. The van der Waals surface area contributed by atoms with Crippen molar-refractivity contribution < 1.29 is 4.79 Å². The van der Waals surface area contributed by atoms with E-state index in [4.69, 9.17) is 11.6 Å². The third kappa shape index (κ3) is 3.01. The third-order valence-corrected chi connectivity index (χ3v) is 3.13. The first-order valence-electron chi connectivity index (χ1n) is 5.83. The van der Waals surface area contributed by atoms with Crippen LogP contribution in [0.5, 0.6) is 0 Å². The number of amides is 1. The molecule has 2 N–H and O–H groups in total. The summed E-state index contributed by atoms with van der Waals surface area (Å²) in [5.74, 6) is 0.310. The molecule has 0 spiro atoms. The van der Waals surface area contributed by atoms with E-state index in [0.717, 1.165) is 12.8 Å². The number of hydrogen-bond donors (Lipinski definition) is 2. The number of anilines is 1. The van der Waals surface area contributed by atoms with Crippen molar-refractivity contribution in [1.82, 2.24) is 15.1 Å². The molecule has 2 rings (SSSR count). The summed E-state index contributed by atoms with van der Waals surface area (Å²) in [6, 6.07) is 0. The summed E-state index contributed by atoms with van der Waals surface area (Å²) in [6.07, 6.45) is 3.47. The lowest BCUT2D eigenvalue weighted by Gasteiger charge is -2.09. The van der Waals surface area contributed by atoms with Gasteiger partial charge in [-0.3, -0.25) is 9.59 Å². The first kappa shape index (κ1) is 12.9. The minimum atomic E-state index is -0.344. The van der Waals surface area contributed by atoms with Crippen LogP contribution in [0.1, 0.15) is 12.8 Å². The van der Waals surface area contributed by atoms with Gasteiger partial charge < -0.3 is 10.6 Å². The fraction of sp³-hybridized carbons (Fsp3) is 0.545. The van der Waals surface area contributed by atoms with E-state index in [1.54, 1.807) is 0 Å². The second kappa shape index (κ2) is 5.39. The van der Waals surface area contributed by atoms with E-state index in [9.17, 15) is 9.59 Å². The van der Waals surface area contributed by atoms with Crippen molar-refractivity contribution in [2.24, 2.45) is 13.0 Å². The number of nitrogens with one attached hydrogen (secondary N) is 2. The Bertz CT molecular complexity index is 510. The van der Waals surface area contributed by atoms with Gasteiger partial charge in [0.25, 0.3) is 5.56 Å². The first-order valence-corrected chi connectivity index (χ1v) is 6.21. The number of carbonyl (C=O) groups is 1. The molecule has 1 aliphatic rings. The van der Waals surface area contributed by atoms with E-state index in [-0.39, 0.29) is 22.4 Å². The van der Waals surface area contributed by atoms with Crippen LogP contribution in [0.2, 0.25) is 5.02 Å². The molecule has 0 aromatic carbocycles. The topological polar surface area (TPSA) is 76.0 Å². The molecule has 1 aromatic heterocycles. The highest BCUT2D eigenvalue weighted by atomic mass is 35.5. The van der Waals surface area contributed by atoms with Crippen LogP contribution in [0, 0.1) is 5.92 Å². The molecule has 98 valence electrons. The molecule has 1 heterocycles. The van der Waals surface area contributed by atoms with E-state index in [1.807, 2.05) is 0 Å². The standard InChI is InChI=1S/C11H15ClN4O2/c1-16-11(18)9(12)8(6-15-16)13-4-5-14-10(17)7-2-3-7/h6-7,13H,2-5H2,1H3,(H,14,17). The van der Waals surface area contributed by atoms with Crippen LogP contribution in [0.3, 0.4) is 0 Å². The van der Waals surface area contributed by atoms with Crippen molar-refractivity contribution in [2.45, 2.75) is 12.8 Å². The Morgan fingerprint density at radius 2 is 2.28 bits per heavy atom. The van der Waals surface area contributed by atoms with Gasteiger partial charge in [-0.2, -0.15) is 5.10 Å². The van der Waals surface area contributed by atoms with E-state index < -0.39 is 0 Å². The molecular formula is C11H15ClN4O2. The average molecular weight is 271 g/mol. The SMILES string of the molecule is Cn1ncc(NCCNC(=O)C2CC2)c(Cl)c1=O. The van der Waals surface area contributed by atoms with Crippen LogP contribution < -0.4 is 16.2 Å². The number of aryl methyl sites for hydroxylation is 1. The molecule has 1 aliphatic carbocycles. The Morgan fingerprint density at radius 1 is 1.56 bits per heavy atom. The molecule has 0 atom stereocenters. The van der Waals surface area contributed by atoms with Crippen LogP contribution in [-0.4, -0.2) is 28.8 Å². The number of halogens is 1. The smallest absolute Gasteiger partial charge is 0.287 e. The van der Waals surface area contributed by atoms with E-state index >= 15 is 0 Å². The van der Waals surface area contributed by atoms with Crippen LogP contribution in [-0.2, 0) is 11.8 Å². The highest BCUT2D eigenvalue weighted by Gasteiger charge is 2.28. The molecule has 1 amide bonds. The number of carbonyl (C=O) groups excluding carboxylic acids is 1. The Morgan fingerprint density at radius 3 is 2.94 bits per heavy atom. The zero-order valence-corrected chi connectivity index (χ0v) is 10.8. The van der Waals surface area contributed by atoms with Gasteiger partial charge in [0, 0.05) is 26.1 Å². The molecule has 0 aliphatic heterocycles. The predicted octanol–water partition coefficient (Wildman–Crippen LogP) is 0.372. The van der Waals surface area contributed by atoms with Gasteiger partial charge in [0.15, 0.2) is 0 Å². The number of aromatic nitrogens is 2. The van der Waals surface area contributed by atoms with E-state index in [1.165, 1.54) is 17.9 Å². The number of hydrogen-bond acceptors (Lipinski definition) is 4. The van der Waals surface area contributed by atoms with Gasteiger partial charge in [0.1, 0.15) is 5.02 Å². The molecule has 0 saturated heterocycles. The van der Waals surface area contributed by atoms with Gasteiger partial charge in [-0.25, -0.2) is 4.68 Å². The van der Waals surface area contributed by atoms with Crippen molar-refractivity contribution in [2.75, 3.05) is 18.4 Å². The van der Waals surface area contributed by atoms with Crippen molar-refractivity contribution in [3.05, 3.63) is 21.6 Å². The largest absolute Gasteiger partial charge is 0.381 e. The summed E-state index contributed by atoms with van der Waals surface area (Å²) < 4.78 is 1.17. The second-order valence-corrected chi connectivity index (χ2v) is 4.67. The zero-order valence-electron chi connectivity index (χ0n) is 10.1. The van der Waals surface area contributed by atoms with Crippen molar-refractivity contribution in [1.29, 1.82) is 0 Å². The fourth-order valence-electron chi connectivity index (χ4n) is 1.51. The fourth-order valence-corrected chi connectivity index (χ4v) is 1.74. The predicted molar refractivity (Wildman–Crippen MR) is 68.7 cm³/mol. The van der Waals surface area contributed by atoms with E-state index in [2.05, 4.69) is 15.7 Å². The molecule has 7 heteroatoms. The monoisotopic (exact) mass is 270 g/mol. The van der Waals surface area contributed by atoms with Crippen molar-refractivity contribution in [3.63, 3.8) is 0 Å². The second-order valence-electron chi connectivity index (χ2n) is 4.29. The lowest BCUT2D eigenvalue weighted by molar-refractivity contribution is -0.122. The van der Waals surface area contributed by atoms with Crippen LogP contribution >= 0.6 is 11.6 Å². The third-order valence-electron chi connectivity index (χ3n) is 2.77. The lowest BCUT2D eigenvalue weighted by atomic mass is 10.4. The van der Waals surface area contributed by atoms with Gasteiger partial charge in [-0.1, -0.05) is 11.6 Å². The Balaban J connectivity index is 1.81. The summed E-state index contributed by atoms with van der Waals surface area (Å²) in [7, 11) is 1.54. The zero-order chi connectivity index (χ0) is 13.1. The summed E-state index contributed by atoms with van der Waals surface area (Å²) in [6.45, 7) is 1.01. The Kier molecular flexibility index (Phi) is 3.86. The lowest BCUT2D eigenvalue weighted by Crippen LogP contribution is -2.30.